The van der Waals surface area contributed by atoms with Gasteiger partial charge in [0.05, 0.1) is 10.5 Å². The summed E-state index contributed by atoms with van der Waals surface area (Å²) in [5.74, 6) is -0.675. The van der Waals surface area contributed by atoms with Crippen LogP contribution >= 0.6 is 0 Å². The van der Waals surface area contributed by atoms with Gasteiger partial charge >= 0.3 is 5.97 Å². The van der Waals surface area contributed by atoms with Crippen LogP contribution in [-0.2, 0) is 15.5 Å². The molecule has 0 aliphatic carbocycles. The van der Waals surface area contributed by atoms with Crippen molar-refractivity contribution in [1.82, 2.24) is 0 Å². The van der Waals surface area contributed by atoms with Crippen LogP contribution in [0.5, 0.6) is 0 Å². The molecule has 1 aromatic rings. The Labute approximate surface area is 92.8 Å². The number of hydrogen-bond donors (Lipinski definition) is 0. The van der Waals surface area contributed by atoms with Crippen molar-refractivity contribution >= 4 is 22.5 Å². The summed E-state index contributed by atoms with van der Waals surface area (Å²) in [4.78, 5) is 21.5. The predicted octanol–water partition coefficient (Wildman–Crippen LogP) is 1.22. The molecule has 1 aliphatic heterocycles. The monoisotopic (exact) mass is 241 g/mol. The van der Waals surface area contributed by atoms with Gasteiger partial charge < -0.3 is 4.74 Å². The van der Waals surface area contributed by atoms with Crippen LogP contribution in [0.2, 0.25) is 0 Å². The highest BCUT2D eigenvalue weighted by Crippen LogP contribution is 2.32. The molecule has 84 valence electrons. The maximum Gasteiger partial charge on any atom is 0.340 e. The first kappa shape index (κ1) is 10.7. The molecule has 2 atom stereocenters. The van der Waals surface area contributed by atoms with Crippen LogP contribution in [0.1, 0.15) is 17.3 Å². The maximum atomic E-state index is 11.8. The first-order valence-electron chi connectivity index (χ1n) is 4.41. The molecule has 2 rings (SSSR count). The Hall–Kier alpha value is -1.76. The van der Waals surface area contributed by atoms with E-state index in [1.165, 1.54) is 25.1 Å². The Morgan fingerprint density at radius 3 is 2.81 bits per heavy atom. The number of nitro benzene ring substituents is 1. The van der Waals surface area contributed by atoms with Gasteiger partial charge in [0.2, 0.25) is 0 Å². The first-order valence-corrected chi connectivity index (χ1v) is 5.62. The van der Waals surface area contributed by atoms with Crippen molar-refractivity contribution in [2.75, 3.05) is 0 Å². The average molecular weight is 241 g/mol. The highest BCUT2D eigenvalue weighted by atomic mass is 32.2. The number of benzene rings is 1. The molecular weight excluding hydrogens is 234 g/mol. The third kappa shape index (κ3) is 1.49. The molecule has 0 amide bonds. The van der Waals surface area contributed by atoms with Crippen molar-refractivity contribution < 1.29 is 18.7 Å². The largest absolute Gasteiger partial charge is 0.445 e. The summed E-state index contributed by atoms with van der Waals surface area (Å²) >= 11 is 0. The van der Waals surface area contributed by atoms with Crippen LogP contribution in [-0.4, -0.2) is 20.5 Å². The summed E-state index contributed by atoms with van der Waals surface area (Å²) in [5, 5.41) is 10.8. The van der Waals surface area contributed by atoms with Crippen LogP contribution in [0, 0.1) is 10.1 Å². The number of carbonyl (C=O) groups is 1. The first-order chi connectivity index (χ1) is 7.52. The third-order valence-corrected chi connectivity index (χ3v) is 3.72. The van der Waals surface area contributed by atoms with Gasteiger partial charge in [0.15, 0.2) is 5.44 Å². The van der Waals surface area contributed by atoms with E-state index in [2.05, 4.69) is 0 Å². The molecule has 0 radical (unpaired) electrons. The number of fused-ring (bicyclic) bond motifs is 1. The van der Waals surface area contributed by atoms with E-state index in [1.807, 2.05) is 0 Å². The van der Waals surface area contributed by atoms with Gasteiger partial charge in [-0.05, 0) is 13.0 Å². The van der Waals surface area contributed by atoms with Gasteiger partial charge in [-0.3, -0.25) is 14.3 Å². The minimum absolute atomic E-state index is 0.00522. The van der Waals surface area contributed by atoms with Gasteiger partial charge in [0.25, 0.3) is 5.69 Å². The highest BCUT2D eigenvalue weighted by molar-refractivity contribution is 7.85. The maximum absolute atomic E-state index is 11.8. The Morgan fingerprint density at radius 1 is 1.50 bits per heavy atom. The number of ether oxygens (including phenoxy) is 1. The molecule has 0 spiro atoms. The number of nitro groups is 1. The number of hydrogen-bond acceptors (Lipinski definition) is 5. The Kier molecular flexibility index (Phi) is 2.47. The Morgan fingerprint density at radius 2 is 2.19 bits per heavy atom. The van der Waals surface area contributed by atoms with Crippen molar-refractivity contribution in [3.8, 4) is 0 Å². The van der Waals surface area contributed by atoms with Crippen molar-refractivity contribution in [2.24, 2.45) is 0 Å². The summed E-state index contributed by atoms with van der Waals surface area (Å²) in [5.41, 5.74) is -1.16. The summed E-state index contributed by atoms with van der Waals surface area (Å²) in [7, 11) is -1.70. The molecule has 0 aromatic heterocycles. The molecule has 2 unspecified atom stereocenters. The second-order valence-electron chi connectivity index (χ2n) is 3.18. The minimum atomic E-state index is -1.70. The zero-order valence-electron chi connectivity index (χ0n) is 8.21. The number of rotatable bonds is 1. The number of esters is 1. The predicted molar refractivity (Wildman–Crippen MR) is 54.4 cm³/mol. The van der Waals surface area contributed by atoms with Crippen LogP contribution in [0.25, 0.3) is 0 Å². The zero-order chi connectivity index (χ0) is 11.9. The van der Waals surface area contributed by atoms with E-state index in [0.29, 0.717) is 0 Å². The smallest absolute Gasteiger partial charge is 0.340 e. The quantitative estimate of drug-likeness (QED) is 0.419. The van der Waals surface area contributed by atoms with E-state index in [0.717, 1.165) is 0 Å². The van der Waals surface area contributed by atoms with Crippen molar-refractivity contribution in [1.29, 1.82) is 0 Å². The Bertz CT molecular complexity index is 498. The molecule has 0 fully saturated rings. The molecule has 0 N–H and O–H groups in total. The molecular formula is C9H7NO5S. The van der Waals surface area contributed by atoms with E-state index in [4.69, 9.17) is 4.74 Å². The molecule has 1 aliphatic rings. The molecule has 7 heteroatoms. The van der Waals surface area contributed by atoms with Crippen LogP contribution in [0.4, 0.5) is 5.69 Å². The topological polar surface area (TPSA) is 86.5 Å². The SMILES string of the molecule is CC1OC(=O)c2cccc([N+](=O)[O-])c2S1=O. The number of carbonyl (C=O) groups excluding carboxylic acids is 1. The van der Waals surface area contributed by atoms with Gasteiger partial charge in [-0.1, -0.05) is 6.07 Å². The zero-order valence-corrected chi connectivity index (χ0v) is 9.02. The van der Waals surface area contributed by atoms with Gasteiger partial charge in [-0.25, -0.2) is 4.79 Å². The van der Waals surface area contributed by atoms with Crippen molar-refractivity contribution in [2.45, 2.75) is 17.3 Å². The molecule has 0 saturated carbocycles. The fourth-order valence-corrected chi connectivity index (χ4v) is 2.69. The number of nitrogens with zero attached hydrogens (tertiary/aromatic N) is 1. The summed E-state index contributed by atoms with van der Waals surface area (Å²) in [6, 6.07) is 3.96. The van der Waals surface area contributed by atoms with Crippen LogP contribution in [0.15, 0.2) is 23.1 Å². The van der Waals surface area contributed by atoms with Crippen LogP contribution in [0.3, 0.4) is 0 Å². The molecule has 1 aromatic carbocycles. The van der Waals surface area contributed by atoms with E-state index >= 15 is 0 Å². The minimum Gasteiger partial charge on any atom is -0.445 e. The number of cyclic esters (lactones) is 1. The fraction of sp³-hybridized carbons (Fsp3) is 0.222. The van der Waals surface area contributed by atoms with Gasteiger partial charge in [0.1, 0.15) is 15.7 Å². The molecule has 1 heterocycles. The molecule has 0 saturated heterocycles. The summed E-state index contributed by atoms with van der Waals surface area (Å²) in [6.07, 6.45) is 0. The van der Waals surface area contributed by atoms with Crippen LogP contribution < -0.4 is 0 Å². The lowest BCUT2D eigenvalue weighted by molar-refractivity contribution is -0.387. The third-order valence-electron chi connectivity index (χ3n) is 2.19. The normalized spacial score (nSPS) is 23.4. The lowest BCUT2D eigenvalue weighted by Gasteiger charge is -2.20. The van der Waals surface area contributed by atoms with E-state index < -0.39 is 27.1 Å². The standard InChI is InChI=1S/C9H7NO5S/c1-5-15-9(11)6-3-2-4-7(10(12)13)8(6)16(5)14/h2-5H,1H3. The molecule has 6 nitrogen and oxygen atoms in total. The molecule has 16 heavy (non-hydrogen) atoms. The van der Waals surface area contributed by atoms with Gasteiger partial charge in [-0.15, -0.1) is 0 Å². The highest BCUT2D eigenvalue weighted by Gasteiger charge is 2.35. The lowest BCUT2D eigenvalue weighted by atomic mass is 10.2. The van der Waals surface area contributed by atoms with Crippen molar-refractivity contribution in [3.63, 3.8) is 0 Å². The van der Waals surface area contributed by atoms with Gasteiger partial charge in [-0.2, -0.15) is 0 Å². The van der Waals surface area contributed by atoms with E-state index in [-0.39, 0.29) is 16.1 Å². The lowest BCUT2D eigenvalue weighted by Crippen LogP contribution is -2.28. The Balaban J connectivity index is 2.72. The second kappa shape index (κ2) is 3.67. The molecule has 0 bridgehead atoms. The summed E-state index contributed by atoms with van der Waals surface area (Å²) < 4.78 is 16.6. The van der Waals surface area contributed by atoms with E-state index in [9.17, 15) is 19.1 Å². The summed E-state index contributed by atoms with van der Waals surface area (Å²) in [6.45, 7) is 1.44. The van der Waals surface area contributed by atoms with Gasteiger partial charge in [0, 0.05) is 6.07 Å². The van der Waals surface area contributed by atoms with E-state index in [1.54, 1.807) is 0 Å². The van der Waals surface area contributed by atoms with Crippen molar-refractivity contribution in [3.05, 3.63) is 33.9 Å². The fourth-order valence-electron chi connectivity index (χ4n) is 1.46. The second-order valence-corrected chi connectivity index (χ2v) is 4.85. The average Bonchev–Trinajstić information content (AvgIpc) is 2.25.